The van der Waals surface area contributed by atoms with Crippen LogP contribution in [0.4, 0.5) is 0 Å². The highest BCUT2D eigenvalue weighted by Gasteiger charge is 2.22. The molecular weight excluding hydrogens is 384 g/mol. The second-order valence-electron chi connectivity index (χ2n) is 8.55. The summed E-state index contributed by atoms with van der Waals surface area (Å²) in [7, 11) is 0. The maximum atomic E-state index is 2.39. The van der Waals surface area contributed by atoms with Crippen molar-refractivity contribution in [2.45, 2.75) is 0 Å². The van der Waals surface area contributed by atoms with E-state index in [1.54, 1.807) is 0 Å². The largest absolute Gasteiger partial charge is 0.0616 e. The average molecular weight is 405 g/mol. The Morgan fingerprint density at radius 3 is 1.66 bits per heavy atom. The Labute approximate surface area is 187 Å². The van der Waals surface area contributed by atoms with E-state index in [1.165, 1.54) is 66.1 Å². The van der Waals surface area contributed by atoms with Gasteiger partial charge < -0.3 is 0 Å². The van der Waals surface area contributed by atoms with E-state index >= 15 is 0 Å². The van der Waals surface area contributed by atoms with Crippen LogP contribution in [0.1, 0.15) is 0 Å². The second-order valence-corrected chi connectivity index (χ2v) is 8.55. The van der Waals surface area contributed by atoms with Crippen LogP contribution in [-0.2, 0) is 0 Å². The van der Waals surface area contributed by atoms with Gasteiger partial charge in [-0.3, -0.25) is 0 Å². The van der Waals surface area contributed by atoms with Gasteiger partial charge in [0.2, 0.25) is 0 Å². The van der Waals surface area contributed by atoms with Crippen LogP contribution in [-0.4, -0.2) is 0 Å². The monoisotopic (exact) mass is 404 g/mol. The summed E-state index contributed by atoms with van der Waals surface area (Å²) in [5.41, 5.74) is 10.5. The Kier molecular flexibility index (Phi) is 3.65. The van der Waals surface area contributed by atoms with Gasteiger partial charge in [-0.25, -0.2) is 0 Å². The number of benzene rings is 6. The molecule has 0 spiro atoms. The fourth-order valence-electron chi connectivity index (χ4n) is 5.40. The summed E-state index contributed by atoms with van der Waals surface area (Å²) >= 11 is 0. The van der Waals surface area contributed by atoms with Crippen LogP contribution in [0.15, 0.2) is 121 Å². The Balaban J connectivity index is 1.52. The molecule has 0 N–H and O–H groups in total. The van der Waals surface area contributed by atoms with E-state index in [1.807, 2.05) is 0 Å². The van der Waals surface area contributed by atoms with Crippen LogP contribution < -0.4 is 0 Å². The lowest BCUT2D eigenvalue weighted by Gasteiger charge is -2.14. The smallest absolute Gasteiger partial charge is 0.00259 e. The molecule has 0 bridgehead atoms. The van der Waals surface area contributed by atoms with Crippen LogP contribution >= 0.6 is 0 Å². The molecule has 0 saturated carbocycles. The minimum absolute atomic E-state index is 1.27. The highest BCUT2D eigenvalue weighted by atomic mass is 14.2. The molecule has 0 heteroatoms. The second kappa shape index (κ2) is 6.67. The van der Waals surface area contributed by atoms with Crippen molar-refractivity contribution in [1.82, 2.24) is 0 Å². The highest BCUT2D eigenvalue weighted by Crippen LogP contribution is 2.49. The van der Waals surface area contributed by atoms with Gasteiger partial charge in [0.05, 0.1) is 0 Å². The maximum absolute atomic E-state index is 2.39. The first-order valence-corrected chi connectivity index (χ1v) is 11.1. The molecule has 1 aliphatic carbocycles. The summed E-state index contributed by atoms with van der Waals surface area (Å²) in [6.07, 6.45) is 0. The predicted molar refractivity (Wildman–Crippen MR) is 137 cm³/mol. The molecule has 0 aliphatic heterocycles. The summed E-state index contributed by atoms with van der Waals surface area (Å²) in [5.74, 6) is 0. The third-order valence-corrected chi connectivity index (χ3v) is 6.80. The minimum Gasteiger partial charge on any atom is -0.0616 e. The van der Waals surface area contributed by atoms with Gasteiger partial charge in [0.15, 0.2) is 0 Å². The molecule has 6 aromatic carbocycles. The summed E-state index contributed by atoms with van der Waals surface area (Å²) in [5, 5.41) is 5.25. The third kappa shape index (κ3) is 2.44. The van der Waals surface area contributed by atoms with E-state index in [0.717, 1.165) is 0 Å². The van der Waals surface area contributed by atoms with Gasteiger partial charge in [0, 0.05) is 0 Å². The van der Waals surface area contributed by atoms with Crippen LogP contribution in [0.2, 0.25) is 0 Å². The zero-order chi connectivity index (χ0) is 21.1. The molecule has 7 rings (SSSR count). The fraction of sp³-hybridized carbons (Fsp3) is 0. The standard InChI is InChI=1S/C32H20/c1-2-12-24-21(9-1)10-7-17-27(24)26-14-4-3-13-25(26)23-19-22-11-8-18-30-28-15-5-6-16-29(28)31(20-23)32(22)30/h1-20H. The van der Waals surface area contributed by atoms with E-state index in [-0.39, 0.29) is 0 Å². The molecule has 1 aliphatic rings. The summed E-state index contributed by atoms with van der Waals surface area (Å²) in [4.78, 5) is 0. The van der Waals surface area contributed by atoms with Crippen molar-refractivity contribution in [3.05, 3.63) is 121 Å². The van der Waals surface area contributed by atoms with Crippen LogP contribution in [0.3, 0.4) is 0 Å². The van der Waals surface area contributed by atoms with E-state index in [4.69, 9.17) is 0 Å². The molecule has 0 amide bonds. The van der Waals surface area contributed by atoms with Crippen molar-refractivity contribution in [1.29, 1.82) is 0 Å². The van der Waals surface area contributed by atoms with Crippen molar-refractivity contribution in [2.24, 2.45) is 0 Å². The molecule has 0 aromatic heterocycles. The van der Waals surface area contributed by atoms with Gasteiger partial charge >= 0.3 is 0 Å². The first-order valence-electron chi connectivity index (χ1n) is 11.1. The summed E-state index contributed by atoms with van der Waals surface area (Å²) < 4.78 is 0. The van der Waals surface area contributed by atoms with Crippen molar-refractivity contribution < 1.29 is 0 Å². The van der Waals surface area contributed by atoms with E-state index in [2.05, 4.69) is 121 Å². The van der Waals surface area contributed by atoms with Crippen LogP contribution in [0.25, 0.3) is 66.1 Å². The Morgan fingerprint density at radius 2 is 0.844 bits per heavy atom. The van der Waals surface area contributed by atoms with Gasteiger partial charge in [-0.1, -0.05) is 109 Å². The zero-order valence-corrected chi connectivity index (χ0v) is 17.5. The maximum Gasteiger partial charge on any atom is -0.00259 e. The molecule has 0 saturated heterocycles. The van der Waals surface area contributed by atoms with E-state index < -0.39 is 0 Å². The lowest BCUT2D eigenvalue weighted by molar-refractivity contribution is 1.61. The number of hydrogen-bond acceptors (Lipinski definition) is 0. The van der Waals surface area contributed by atoms with Gasteiger partial charge in [0.25, 0.3) is 0 Å². The normalized spacial score (nSPS) is 11.8. The molecule has 0 fully saturated rings. The average Bonchev–Trinajstić information content (AvgIpc) is 3.19. The third-order valence-electron chi connectivity index (χ3n) is 6.80. The molecule has 0 atom stereocenters. The minimum atomic E-state index is 1.27. The molecule has 0 nitrogen and oxygen atoms in total. The fourth-order valence-corrected chi connectivity index (χ4v) is 5.40. The van der Waals surface area contributed by atoms with Crippen molar-refractivity contribution in [3.63, 3.8) is 0 Å². The lowest BCUT2D eigenvalue weighted by atomic mass is 9.89. The quantitative estimate of drug-likeness (QED) is 0.270. The first kappa shape index (κ1) is 17.5. The number of rotatable bonds is 2. The highest BCUT2D eigenvalue weighted by molar-refractivity contribution is 6.16. The molecular formula is C32H20. The molecule has 0 unspecified atom stereocenters. The van der Waals surface area contributed by atoms with E-state index in [0.29, 0.717) is 0 Å². The number of hydrogen-bond donors (Lipinski definition) is 0. The number of fused-ring (bicyclic) bond motifs is 4. The molecule has 0 radical (unpaired) electrons. The Hall–Kier alpha value is -4.16. The predicted octanol–water partition coefficient (Wildman–Crippen LogP) is 8.97. The molecule has 32 heavy (non-hydrogen) atoms. The molecule has 0 heterocycles. The molecule has 148 valence electrons. The summed E-state index contributed by atoms with van der Waals surface area (Å²) in [6.45, 7) is 0. The van der Waals surface area contributed by atoms with E-state index in [9.17, 15) is 0 Å². The van der Waals surface area contributed by atoms with Crippen molar-refractivity contribution in [2.75, 3.05) is 0 Å². The van der Waals surface area contributed by atoms with Crippen LogP contribution in [0, 0.1) is 0 Å². The Bertz CT molecular complexity index is 1660. The van der Waals surface area contributed by atoms with Gasteiger partial charge in [-0.2, -0.15) is 0 Å². The topological polar surface area (TPSA) is 0 Å². The van der Waals surface area contributed by atoms with Gasteiger partial charge in [-0.15, -0.1) is 0 Å². The Morgan fingerprint density at radius 1 is 0.312 bits per heavy atom. The first-order chi connectivity index (χ1) is 15.9. The van der Waals surface area contributed by atoms with Gasteiger partial charge in [-0.05, 0) is 78.2 Å². The van der Waals surface area contributed by atoms with Crippen molar-refractivity contribution >= 4 is 21.5 Å². The van der Waals surface area contributed by atoms with Gasteiger partial charge in [0.1, 0.15) is 0 Å². The lowest BCUT2D eigenvalue weighted by Crippen LogP contribution is -1.88. The molecule has 6 aromatic rings. The van der Waals surface area contributed by atoms with Crippen molar-refractivity contribution in [3.8, 4) is 44.5 Å². The SMILES string of the molecule is c1ccc(-c2cccc3ccccc23)c(-c2cc3c4c(cccc4c2)-c2ccccc2-3)c1. The summed E-state index contributed by atoms with van der Waals surface area (Å²) in [6, 6.07) is 44.3. The van der Waals surface area contributed by atoms with Crippen LogP contribution in [0.5, 0.6) is 0 Å². The zero-order valence-electron chi connectivity index (χ0n) is 17.5.